The third kappa shape index (κ3) is 4.56. The predicted octanol–water partition coefficient (Wildman–Crippen LogP) is 2.22. The van der Waals surface area contributed by atoms with Crippen molar-refractivity contribution in [3.8, 4) is 5.75 Å². The summed E-state index contributed by atoms with van der Waals surface area (Å²) in [4.78, 5) is 12.1. The first kappa shape index (κ1) is 15.5. The maximum atomic E-state index is 12.1. The highest BCUT2D eigenvalue weighted by Gasteiger charge is 2.16. The highest BCUT2D eigenvalue weighted by molar-refractivity contribution is 5.96. The van der Waals surface area contributed by atoms with Gasteiger partial charge < -0.3 is 15.2 Å². The summed E-state index contributed by atoms with van der Waals surface area (Å²) < 4.78 is 5.41. The van der Waals surface area contributed by atoms with E-state index in [1.165, 1.54) is 0 Å². The number of nitrogens with one attached hydrogen (secondary N) is 1. The summed E-state index contributed by atoms with van der Waals surface area (Å²) >= 11 is 0. The van der Waals surface area contributed by atoms with Crippen LogP contribution >= 0.6 is 0 Å². The summed E-state index contributed by atoms with van der Waals surface area (Å²) in [6.45, 7) is 6.63. The first-order chi connectivity index (χ1) is 9.10. The molecule has 2 unspecified atom stereocenters. The largest absolute Gasteiger partial charge is 0.493 e. The zero-order valence-electron chi connectivity index (χ0n) is 11.8. The van der Waals surface area contributed by atoms with Crippen molar-refractivity contribution >= 4 is 5.91 Å². The number of carbonyl (C=O) groups is 1. The molecule has 1 rings (SSSR count). The third-order valence-electron chi connectivity index (χ3n) is 3.20. The maximum Gasteiger partial charge on any atom is 0.255 e. The fourth-order valence-electron chi connectivity index (χ4n) is 1.70. The van der Waals surface area contributed by atoms with E-state index in [1.807, 2.05) is 26.8 Å². The molecular weight excluding hydrogens is 242 g/mol. The van der Waals surface area contributed by atoms with Crippen molar-refractivity contribution in [2.75, 3.05) is 13.2 Å². The third-order valence-corrected chi connectivity index (χ3v) is 3.20. The Balaban J connectivity index is 2.63. The zero-order valence-corrected chi connectivity index (χ0v) is 11.8. The molecule has 4 heteroatoms. The number of amides is 1. The Kier molecular flexibility index (Phi) is 6.36. The molecule has 1 aromatic carbocycles. The number of rotatable bonds is 7. The van der Waals surface area contributed by atoms with E-state index in [1.54, 1.807) is 18.2 Å². The molecule has 1 amide bonds. The lowest BCUT2D eigenvalue weighted by Gasteiger charge is -2.18. The summed E-state index contributed by atoms with van der Waals surface area (Å²) in [5.74, 6) is 0.523. The molecule has 2 N–H and O–H groups in total. The van der Waals surface area contributed by atoms with E-state index in [2.05, 4.69) is 5.32 Å². The summed E-state index contributed by atoms with van der Waals surface area (Å²) in [7, 11) is 0. The quantitative estimate of drug-likeness (QED) is 0.794. The predicted molar refractivity (Wildman–Crippen MR) is 75.4 cm³/mol. The average Bonchev–Trinajstić information content (AvgIpc) is 2.44. The molecule has 0 aliphatic heterocycles. The Morgan fingerprint density at radius 1 is 1.37 bits per heavy atom. The van der Waals surface area contributed by atoms with Crippen LogP contribution in [-0.4, -0.2) is 30.3 Å². The minimum Gasteiger partial charge on any atom is -0.493 e. The lowest BCUT2D eigenvalue weighted by Crippen LogP contribution is -2.35. The van der Waals surface area contributed by atoms with Crippen molar-refractivity contribution in [1.82, 2.24) is 5.32 Å². The first-order valence-corrected chi connectivity index (χ1v) is 6.78. The number of hydrogen-bond donors (Lipinski definition) is 2. The lowest BCUT2D eigenvalue weighted by atomic mass is 10.0. The van der Waals surface area contributed by atoms with Gasteiger partial charge in [-0.3, -0.25) is 4.79 Å². The van der Waals surface area contributed by atoms with Crippen LogP contribution in [0.25, 0.3) is 0 Å². The van der Waals surface area contributed by atoms with E-state index in [0.29, 0.717) is 17.9 Å². The molecule has 1 aromatic rings. The van der Waals surface area contributed by atoms with Crippen molar-refractivity contribution in [2.45, 2.75) is 33.3 Å². The van der Waals surface area contributed by atoms with Crippen LogP contribution < -0.4 is 10.1 Å². The minimum absolute atomic E-state index is 0.169. The molecule has 4 nitrogen and oxygen atoms in total. The molecule has 2 atom stereocenters. The molecule has 0 aliphatic rings. The molecule has 0 aliphatic carbocycles. The number of aliphatic hydroxyl groups excluding tert-OH is 1. The van der Waals surface area contributed by atoms with Gasteiger partial charge in [0.25, 0.3) is 5.91 Å². The van der Waals surface area contributed by atoms with Gasteiger partial charge in [-0.2, -0.15) is 0 Å². The standard InChI is InChI=1S/C15H23NO3/c1-4-11(3)13(17)10-16-15(18)12-8-6-7-9-14(12)19-5-2/h6-9,11,13,17H,4-5,10H2,1-3H3,(H,16,18). The zero-order chi connectivity index (χ0) is 14.3. The van der Waals surface area contributed by atoms with Crippen molar-refractivity contribution in [3.63, 3.8) is 0 Å². The van der Waals surface area contributed by atoms with Gasteiger partial charge in [-0.25, -0.2) is 0 Å². The van der Waals surface area contributed by atoms with E-state index in [-0.39, 0.29) is 18.4 Å². The molecule has 0 bridgehead atoms. The molecule has 0 heterocycles. The molecule has 0 saturated heterocycles. The van der Waals surface area contributed by atoms with Gasteiger partial charge in [0.2, 0.25) is 0 Å². The number of hydrogen-bond acceptors (Lipinski definition) is 3. The summed E-state index contributed by atoms with van der Waals surface area (Å²) in [6, 6.07) is 7.11. The van der Waals surface area contributed by atoms with Gasteiger partial charge in [0, 0.05) is 6.54 Å². The molecular formula is C15H23NO3. The van der Waals surface area contributed by atoms with E-state index >= 15 is 0 Å². The van der Waals surface area contributed by atoms with Crippen LogP contribution in [0.1, 0.15) is 37.6 Å². The van der Waals surface area contributed by atoms with E-state index in [9.17, 15) is 9.90 Å². The fourth-order valence-corrected chi connectivity index (χ4v) is 1.70. The second-order valence-corrected chi connectivity index (χ2v) is 4.59. The first-order valence-electron chi connectivity index (χ1n) is 6.78. The second kappa shape index (κ2) is 7.79. The number of para-hydroxylation sites is 1. The Labute approximate surface area is 114 Å². The lowest BCUT2D eigenvalue weighted by molar-refractivity contribution is 0.0847. The summed E-state index contributed by atoms with van der Waals surface area (Å²) in [5, 5.41) is 12.6. The summed E-state index contributed by atoms with van der Waals surface area (Å²) in [5.41, 5.74) is 0.501. The van der Waals surface area contributed by atoms with Gasteiger partial charge in [0.1, 0.15) is 5.75 Å². The Bertz CT molecular complexity index is 406. The van der Waals surface area contributed by atoms with Crippen LogP contribution in [-0.2, 0) is 0 Å². The van der Waals surface area contributed by atoms with Gasteiger partial charge in [-0.15, -0.1) is 0 Å². The van der Waals surface area contributed by atoms with Gasteiger partial charge in [0.15, 0.2) is 0 Å². The molecule has 0 radical (unpaired) electrons. The minimum atomic E-state index is -0.520. The van der Waals surface area contributed by atoms with E-state index in [4.69, 9.17) is 4.74 Å². The Morgan fingerprint density at radius 3 is 2.68 bits per heavy atom. The topological polar surface area (TPSA) is 58.6 Å². The highest BCUT2D eigenvalue weighted by Crippen LogP contribution is 2.17. The Hall–Kier alpha value is -1.55. The molecule has 106 valence electrons. The second-order valence-electron chi connectivity index (χ2n) is 4.59. The number of aliphatic hydroxyl groups is 1. The molecule has 0 spiro atoms. The van der Waals surface area contributed by atoms with E-state index in [0.717, 1.165) is 6.42 Å². The fraction of sp³-hybridized carbons (Fsp3) is 0.533. The van der Waals surface area contributed by atoms with Crippen LogP contribution in [0.3, 0.4) is 0 Å². The molecule has 0 fully saturated rings. The van der Waals surface area contributed by atoms with Crippen molar-refractivity contribution in [1.29, 1.82) is 0 Å². The number of benzene rings is 1. The van der Waals surface area contributed by atoms with Crippen LogP contribution in [0, 0.1) is 5.92 Å². The summed E-state index contributed by atoms with van der Waals surface area (Å²) in [6.07, 6.45) is 0.361. The van der Waals surface area contributed by atoms with Crippen molar-refractivity contribution in [2.24, 2.45) is 5.92 Å². The molecule has 19 heavy (non-hydrogen) atoms. The number of carbonyl (C=O) groups excluding carboxylic acids is 1. The van der Waals surface area contributed by atoms with Gasteiger partial charge in [0.05, 0.1) is 18.3 Å². The Morgan fingerprint density at radius 2 is 2.05 bits per heavy atom. The smallest absolute Gasteiger partial charge is 0.255 e. The van der Waals surface area contributed by atoms with Crippen LogP contribution in [0.15, 0.2) is 24.3 Å². The van der Waals surface area contributed by atoms with Crippen LogP contribution in [0.2, 0.25) is 0 Å². The van der Waals surface area contributed by atoms with Gasteiger partial charge in [-0.05, 0) is 25.0 Å². The highest BCUT2D eigenvalue weighted by atomic mass is 16.5. The van der Waals surface area contributed by atoms with Crippen molar-refractivity contribution < 1.29 is 14.6 Å². The van der Waals surface area contributed by atoms with Gasteiger partial charge >= 0.3 is 0 Å². The van der Waals surface area contributed by atoms with E-state index < -0.39 is 6.10 Å². The van der Waals surface area contributed by atoms with Crippen LogP contribution in [0.4, 0.5) is 0 Å². The average molecular weight is 265 g/mol. The SMILES string of the molecule is CCOc1ccccc1C(=O)NCC(O)C(C)CC. The number of ether oxygens (including phenoxy) is 1. The van der Waals surface area contributed by atoms with Crippen molar-refractivity contribution in [3.05, 3.63) is 29.8 Å². The van der Waals surface area contributed by atoms with Gasteiger partial charge in [-0.1, -0.05) is 32.4 Å². The normalized spacial score (nSPS) is 13.7. The molecule has 0 aromatic heterocycles. The molecule has 0 saturated carbocycles. The van der Waals surface area contributed by atoms with Crippen LogP contribution in [0.5, 0.6) is 5.75 Å². The maximum absolute atomic E-state index is 12.1. The monoisotopic (exact) mass is 265 g/mol.